The number of piperidine rings is 1. The van der Waals surface area contributed by atoms with Crippen molar-refractivity contribution in [3.05, 3.63) is 71.9 Å². The number of fused-ring (bicyclic) bond motifs is 1. The van der Waals surface area contributed by atoms with Gasteiger partial charge in [0.05, 0.1) is 0 Å². The van der Waals surface area contributed by atoms with Crippen molar-refractivity contribution in [2.24, 2.45) is 0 Å². The van der Waals surface area contributed by atoms with E-state index < -0.39 is 5.60 Å². The first-order chi connectivity index (χ1) is 11.3. The molecule has 1 saturated heterocycles. The van der Waals surface area contributed by atoms with Gasteiger partial charge in [0, 0.05) is 30.2 Å². The summed E-state index contributed by atoms with van der Waals surface area (Å²) in [5, 5.41) is 15.6. The molecule has 2 aromatic carbocycles. The number of rotatable bonds is 3. The van der Waals surface area contributed by atoms with E-state index in [-0.39, 0.29) is 12.4 Å². The van der Waals surface area contributed by atoms with Crippen LogP contribution in [-0.2, 0) is 12.1 Å². The highest BCUT2D eigenvalue weighted by Crippen LogP contribution is 2.34. The molecule has 0 radical (unpaired) electrons. The summed E-state index contributed by atoms with van der Waals surface area (Å²) in [6.07, 6.45) is 3.96. The molecule has 2 heterocycles. The Morgan fingerprint density at radius 2 is 1.88 bits per heavy atom. The molecular formula is C20H23ClN2O. The van der Waals surface area contributed by atoms with Crippen molar-refractivity contribution in [1.82, 2.24) is 9.88 Å². The first-order valence-corrected chi connectivity index (χ1v) is 8.32. The monoisotopic (exact) mass is 342 g/mol. The van der Waals surface area contributed by atoms with Crippen LogP contribution in [0.3, 0.4) is 0 Å². The van der Waals surface area contributed by atoms with Crippen molar-refractivity contribution >= 4 is 23.3 Å². The van der Waals surface area contributed by atoms with Crippen LogP contribution in [0, 0.1) is 0 Å². The number of hydrogen-bond acceptors (Lipinski definition) is 2. The van der Waals surface area contributed by atoms with Crippen LogP contribution < -0.4 is 5.32 Å². The average molecular weight is 343 g/mol. The molecule has 4 rings (SSSR count). The summed E-state index contributed by atoms with van der Waals surface area (Å²) in [6, 6.07) is 18.9. The van der Waals surface area contributed by atoms with Gasteiger partial charge in [-0.3, -0.25) is 0 Å². The van der Waals surface area contributed by atoms with Gasteiger partial charge in [-0.25, -0.2) is 0 Å². The van der Waals surface area contributed by atoms with Crippen molar-refractivity contribution in [3.63, 3.8) is 0 Å². The molecule has 2 N–H and O–H groups in total. The Bertz CT molecular complexity index is 807. The fraction of sp³-hybridized carbons (Fsp3) is 0.300. The molecule has 1 aliphatic heterocycles. The van der Waals surface area contributed by atoms with E-state index in [4.69, 9.17) is 0 Å². The minimum atomic E-state index is -0.753. The van der Waals surface area contributed by atoms with Crippen LogP contribution >= 0.6 is 12.4 Å². The normalized spacial score (nSPS) is 20.7. The smallest absolute Gasteiger partial charge is 0.103 e. The van der Waals surface area contributed by atoms with Crippen molar-refractivity contribution in [2.45, 2.75) is 25.0 Å². The van der Waals surface area contributed by atoms with Crippen molar-refractivity contribution in [3.8, 4) is 0 Å². The fourth-order valence-corrected chi connectivity index (χ4v) is 3.67. The van der Waals surface area contributed by atoms with Gasteiger partial charge in [0.15, 0.2) is 0 Å². The van der Waals surface area contributed by atoms with E-state index in [1.165, 1.54) is 11.1 Å². The highest BCUT2D eigenvalue weighted by Gasteiger charge is 2.32. The molecule has 1 aliphatic rings. The van der Waals surface area contributed by atoms with Crippen LogP contribution in [0.4, 0.5) is 0 Å². The third-order valence-corrected chi connectivity index (χ3v) is 4.87. The lowest BCUT2D eigenvalue weighted by Crippen LogP contribution is -2.43. The Balaban J connectivity index is 0.00000169. The zero-order valence-corrected chi connectivity index (χ0v) is 14.4. The minimum Gasteiger partial charge on any atom is -0.384 e. The Labute approximate surface area is 148 Å². The number of aliphatic hydroxyl groups is 1. The maximum Gasteiger partial charge on any atom is 0.103 e. The molecule has 1 unspecified atom stereocenters. The van der Waals surface area contributed by atoms with Crippen LogP contribution in [0.2, 0.25) is 0 Å². The number of aromatic nitrogens is 1. The van der Waals surface area contributed by atoms with Crippen molar-refractivity contribution in [2.75, 3.05) is 13.1 Å². The highest BCUT2D eigenvalue weighted by molar-refractivity contribution is 5.85. The Hall–Kier alpha value is -1.81. The average Bonchev–Trinajstić information content (AvgIpc) is 2.99. The second-order valence-electron chi connectivity index (χ2n) is 6.48. The molecule has 4 heteroatoms. The molecule has 0 amide bonds. The topological polar surface area (TPSA) is 37.2 Å². The van der Waals surface area contributed by atoms with Gasteiger partial charge in [-0.1, -0.05) is 42.5 Å². The summed E-state index contributed by atoms with van der Waals surface area (Å²) in [4.78, 5) is 0. The van der Waals surface area contributed by atoms with E-state index in [0.717, 1.165) is 36.9 Å². The third-order valence-electron chi connectivity index (χ3n) is 4.87. The molecule has 3 nitrogen and oxygen atoms in total. The van der Waals surface area contributed by atoms with Crippen LogP contribution in [0.5, 0.6) is 0 Å². The Morgan fingerprint density at radius 3 is 2.62 bits per heavy atom. The van der Waals surface area contributed by atoms with E-state index in [9.17, 15) is 5.11 Å². The van der Waals surface area contributed by atoms with E-state index >= 15 is 0 Å². The molecular weight excluding hydrogens is 320 g/mol. The van der Waals surface area contributed by atoms with Gasteiger partial charge in [-0.2, -0.15) is 0 Å². The molecule has 126 valence electrons. The second-order valence-corrected chi connectivity index (χ2v) is 6.48. The fourth-order valence-electron chi connectivity index (χ4n) is 3.67. The number of halogens is 1. The van der Waals surface area contributed by atoms with Crippen molar-refractivity contribution < 1.29 is 5.11 Å². The van der Waals surface area contributed by atoms with Crippen molar-refractivity contribution in [1.29, 1.82) is 0 Å². The Morgan fingerprint density at radius 1 is 1.04 bits per heavy atom. The van der Waals surface area contributed by atoms with Crippen LogP contribution in [0.25, 0.3) is 10.9 Å². The number of nitrogens with one attached hydrogen (secondary N) is 1. The molecule has 0 saturated carbocycles. The van der Waals surface area contributed by atoms with Gasteiger partial charge in [0.2, 0.25) is 0 Å². The minimum absolute atomic E-state index is 0. The quantitative estimate of drug-likeness (QED) is 0.761. The molecule has 1 fully saturated rings. The van der Waals surface area contributed by atoms with Gasteiger partial charge in [-0.15, -0.1) is 12.4 Å². The predicted octanol–water partition coefficient (Wildman–Crippen LogP) is 3.68. The molecule has 0 aliphatic carbocycles. The number of benzene rings is 2. The predicted molar refractivity (Wildman–Crippen MR) is 101 cm³/mol. The standard InChI is InChI=1S/C20H22N2O.ClH/c23-20(11-5-12-21-15-20)18-8-4-9-19-17(18)10-13-22(19)14-16-6-2-1-3-7-16;/h1-4,6-10,13,21,23H,5,11-12,14-15H2;1H. The van der Waals surface area contributed by atoms with Crippen LogP contribution in [-0.4, -0.2) is 22.8 Å². The SMILES string of the molecule is Cl.OC1(c2cccc3c2ccn3Cc2ccccc2)CCCNC1. The maximum absolute atomic E-state index is 11.1. The van der Waals surface area contributed by atoms with Gasteiger partial charge in [0.25, 0.3) is 0 Å². The van der Waals surface area contributed by atoms with Crippen LogP contribution in [0.1, 0.15) is 24.0 Å². The molecule has 0 bridgehead atoms. The summed E-state index contributed by atoms with van der Waals surface area (Å²) < 4.78 is 2.26. The second kappa shape index (κ2) is 6.98. The van der Waals surface area contributed by atoms with Crippen LogP contribution in [0.15, 0.2) is 60.8 Å². The molecule has 24 heavy (non-hydrogen) atoms. The first-order valence-electron chi connectivity index (χ1n) is 8.32. The van der Waals surface area contributed by atoms with E-state index in [0.29, 0.717) is 6.54 Å². The lowest BCUT2D eigenvalue weighted by Gasteiger charge is -2.33. The zero-order valence-electron chi connectivity index (χ0n) is 13.6. The third kappa shape index (κ3) is 3.07. The lowest BCUT2D eigenvalue weighted by molar-refractivity contribution is 0.0137. The highest BCUT2D eigenvalue weighted by atomic mass is 35.5. The van der Waals surface area contributed by atoms with E-state index in [2.05, 4.69) is 64.6 Å². The van der Waals surface area contributed by atoms with Gasteiger partial charge >= 0.3 is 0 Å². The van der Waals surface area contributed by atoms with E-state index in [1.807, 2.05) is 6.07 Å². The number of β-amino-alcohol motifs (C(OH)–C–C–N with tert-alkyl or cyclic N) is 1. The van der Waals surface area contributed by atoms with Gasteiger partial charge in [-0.05, 0) is 42.6 Å². The summed E-state index contributed by atoms with van der Waals surface area (Å²) >= 11 is 0. The maximum atomic E-state index is 11.1. The van der Waals surface area contributed by atoms with Gasteiger partial charge in [0.1, 0.15) is 5.60 Å². The van der Waals surface area contributed by atoms with E-state index in [1.54, 1.807) is 0 Å². The molecule has 1 atom stereocenters. The molecule has 3 aromatic rings. The number of nitrogens with zero attached hydrogens (tertiary/aromatic N) is 1. The Kier molecular flexibility index (Phi) is 4.95. The molecule has 1 aromatic heterocycles. The van der Waals surface area contributed by atoms with Gasteiger partial charge < -0.3 is 15.0 Å². The lowest BCUT2D eigenvalue weighted by atomic mass is 9.85. The summed E-state index contributed by atoms with van der Waals surface area (Å²) in [7, 11) is 0. The summed E-state index contributed by atoms with van der Waals surface area (Å²) in [6.45, 7) is 2.48. The largest absolute Gasteiger partial charge is 0.384 e. The summed E-state index contributed by atoms with van der Waals surface area (Å²) in [5.74, 6) is 0. The molecule has 0 spiro atoms. The summed E-state index contributed by atoms with van der Waals surface area (Å²) in [5.41, 5.74) is 2.77. The number of hydrogen-bond donors (Lipinski definition) is 2. The zero-order chi connectivity index (χ0) is 15.7. The first kappa shape index (κ1) is 17.0.